The van der Waals surface area contributed by atoms with Crippen molar-refractivity contribution in [3.8, 4) is 5.75 Å². The minimum absolute atomic E-state index is 0.158. The van der Waals surface area contributed by atoms with Gasteiger partial charge in [-0.3, -0.25) is 4.79 Å². The van der Waals surface area contributed by atoms with E-state index in [1.165, 1.54) is 22.8 Å². The molecule has 3 aromatic rings. The maximum Gasteiger partial charge on any atom is 0.573 e. The minimum Gasteiger partial charge on any atom is -0.406 e. The van der Waals surface area contributed by atoms with Gasteiger partial charge in [-0.25, -0.2) is 0 Å². The predicted octanol–water partition coefficient (Wildman–Crippen LogP) is 5.92. The molecule has 0 amide bonds. The summed E-state index contributed by atoms with van der Waals surface area (Å²) in [4.78, 5) is 12.9. The van der Waals surface area contributed by atoms with Crippen LogP contribution in [0.25, 0.3) is 10.9 Å². The Morgan fingerprint density at radius 2 is 1.81 bits per heavy atom. The zero-order chi connectivity index (χ0) is 19.2. The molecule has 0 spiro atoms. The van der Waals surface area contributed by atoms with E-state index < -0.39 is 12.1 Å². The van der Waals surface area contributed by atoms with Gasteiger partial charge in [-0.2, -0.15) is 0 Å². The van der Waals surface area contributed by atoms with E-state index in [1.54, 1.807) is 32.2 Å². The second kappa shape index (κ2) is 6.52. The normalized spacial score (nSPS) is 11.8. The summed E-state index contributed by atoms with van der Waals surface area (Å²) in [5, 5.41) is 1.04. The molecule has 0 atom stereocenters. The number of ketones is 1. The molecule has 0 fully saturated rings. The highest BCUT2D eigenvalue weighted by molar-refractivity contribution is 6.41. The van der Waals surface area contributed by atoms with Crippen molar-refractivity contribution in [3.63, 3.8) is 0 Å². The van der Waals surface area contributed by atoms with Crippen LogP contribution in [0.5, 0.6) is 5.75 Å². The van der Waals surface area contributed by atoms with Gasteiger partial charge in [-0.1, -0.05) is 29.3 Å². The molecule has 2 aromatic carbocycles. The predicted molar refractivity (Wildman–Crippen MR) is 94.2 cm³/mol. The van der Waals surface area contributed by atoms with E-state index in [2.05, 4.69) is 4.74 Å². The number of fused-ring (bicyclic) bond motifs is 1. The van der Waals surface area contributed by atoms with Gasteiger partial charge in [0.2, 0.25) is 5.78 Å². The number of carbonyl (C=O) groups excluding carboxylic acids is 1. The van der Waals surface area contributed by atoms with Crippen molar-refractivity contribution in [2.24, 2.45) is 7.05 Å². The molecule has 1 aromatic heterocycles. The Hall–Kier alpha value is -2.18. The average molecular weight is 402 g/mol. The average Bonchev–Trinajstić information content (AvgIpc) is 2.86. The molecule has 0 bridgehead atoms. The molecule has 0 radical (unpaired) electrons. The number of alkyl halides is 3. The van der Waals surface area contributed by atoms with Crippen LogP contribution in [0.2, 0.25) is 10.0 Å². The summed E-state index contributed by atoms with van der Waals surface area (Å²) in [6.45, 7) is 1.75. The van der Waals surface area contributed by atoms with E-state index in [0.717, 1.165) is 0 Å². The lowest BCUT2D eigenvalue weighted by Gasteiger charge is -2.10. The third kappa shape index (κ3) is 3.39. The number of ether oxygens (including phenoxy) is 1. The Kier molecular flexibility index (Phi) is 4.67. The molecule has 3 rings (SSSR count). The van der Waals surface area contributed by atoms with E-state index in [-0.39, 0.29) is 27.1 Å². The summed E-state index contributed by atoms with van der Waals surface area (Å²) in [5.74, 6) is -0.780. The number of rotatable bonds is 3. The van der Waals surface area contributed by atoms with Crippen LogP contribution in [0.3, 0.4) is 0 Å². The minimum atomic E-state index is -4.79. The quantitative estimate of drug-likeness (QED) is 0.509. The molecular formula is C18H12Cl2F3NO2. The molecule has 0 saturated heterocycles. The Labute approximate surface area is 156 Å². The highest BCUT2D eigenvalue weighted by Crippen LogP contribution is 2.33. The molecule has 136 valence electrons. The van der Waals surface area contributed by atoms with Crippen LogP contribution in [0, 0.1) is 6.92 Å². The SMILES string of the molecule is Cc1ccc(Cl)c(C(=O)c2cc3ccc(OC(F)(F)F)cc3n2C)c1Cl. The largest absolute Gasteiger partial charge is 0.573 e. The monoisotopic (exact) mass is 401 g/mol. The van der Waals surface area contributed by atoms with Gasteiger partial charge in [-0.15, -0.1) is 13.2 Å². The van der Waals surface area contributed by atoms with E-state index in [0.29, 0.717) is 16.5 Å². The van der Waals surface area contributed by atoms with Crippen LogP contribution >= 0.6 is 23.2 Å². The maximum atomic E-state index is 12.9. The summed E-state index contributed by atoms with van der Waals surface area (Å²) >= 11 is 12.4. The number of halogens is 5. The second-order valence-electron chi connectivity index (χ2n) is 5.74. The summed E-state index contributed by atoms with van der Waals surface area (Å²) in [6.07, 6.45) is -4.79. The number of carbonyl (C=O) groups is 1. The molecule has 3 nitrogen and oxygen atoms in total. The number of hydrogen-bond donors (Lipinski definition) is 0. The molecule has 0 aliphatic heterocycles. The Bertz CT molecular complexity index is 1030. The molecule has 8 heteroatoms. The number of aromatic nitrogens is 1. The first kappa shape index (κ1) is 18.6. The van der Waals surface area contributed by atoms with Crippen LogP contribution in [-0.4, -0.2) is 16.7 Å². The number of hydrogen-bond acceptors (Lipinski definition) is 2. The fraction of sp³-hybridized carbons (Fsp3) is 0.167. The van der Waals surface area contributed by atoms with Crippen molar-refractivity contribution in [3.05, 3.63) is 63.3 Å². The van der Waals surface area contributed by atoms with Crippen molar-refractivity contribution in [2.45, 2.75) is 13.3 Å². The summed E-state index contributed by atoms with van der Waals surface area (Å²) in [5.41, 5.74) is 1.51. The van der Waals surface area contributed by atoms with Crippen molar-refractivity contribution in [2.75, 3.05) is 0 Å². The number of aryl methyl sites for hydroxylation is 2. The molecule has 0 aliphatic carbocycles. The van der Waals surface area contributed by atoms with E-state index in [4.69, 9.17) is 23.2 Å². The molecule has 0 saturated carbocycles. The van der Waals surface area contributed by atoms with E-state index in [9.17, 15) is 18.0 Å². The lowest BCUT2D eigenvalue weighted by molar-refractivity contribution is -0.274. The lowest BCUT2D eigenvalue weighted by atomic mass is 10.1. The second-order valence-corrected chi connectivity index (χ2v) is 6.52. The van der Waals surface area contributed by atoms with Crippen LogP contribution < -0.4 is 4.74 Å². The van der Waals surface area contributed by atoms with Crippen LogP contribution in [-0.2, 0) is 7.05 Å². The zero-order valence-corrected chi connectivity index (χ0v) is 15.1. The summed E-state index contributed by atoms with van der Waals surface area (Å²) in [6, 6.07) is 8.71. The third-order valence-corrected chi connectivity index (χ3v) is 4.80. The standard InChI is InChI=1S/C18H12Cl2F3NO2/c1-9-3-6-12(19)15(16(9)20)17(25)14-7-10-4-5-11(26-18(21,22)23)8-13(10)24(14)2/h3-8H,1-2H3. The van der Waals surface area contributed by atoms with Crippen LogP contribution in [0.15, 0.2) is 36.4 Å². The smallest absolute Gasteiger partial charge is 0.406 e. The van der Waals surface area contributed by atoms with E-state index in [1.807, 2.05) is 0 Å². The van der Waals surface area contributed by atoms with Crippen molar-refractivity contribution in [1.82, 2.24) is 4.57 Å². The maximum absolute atomic E-state index is 12.9. The fourth-order valence-electron chi connectivity index (χ4n) is 2.72. The van der Waals surface area contributed by atoms with E-state index >= 15 is 0 Å². The van der Waals surface area contributed by atoms with Crippen molar-refractivity contribution in [1.29, 1.82) is 0 Å². The molecule has 0 N–H and O–H groups in total. The Morgan fingerprint density at radius 3 is 2.46 bits per heavy atom. The highest BCUT2D eigenvalue weighted by Gasteiger charge is 2.31. The Morgan fingerprint density at radius 1 is 1.12 bits per heavy atom. The van der Waals surface area contributed by atoms with Crippen LogP contribution in [0.4, 0.5) is 13.2 Å². The van der Waals surface area contributed by atoms with Gasteiger partial charge >= 0.3 is 6.36 Å². The number of nitrogens with zero attached hydrogens (tertiary/aromatic N) is 1. The van der Waals surface area contributed by atoms with Gasteiger partial charge in [-0.05, 0) is 36.8 Å². The lowest BCUT2D eigenvalue weighted by Crippen LogP contribution is -2.17. The Balaban J connectivity index is 2.11. The van der Waals surface area contributed by atoms with Gasteiger partial charge in [0, 0.05) is 18.5 Å². The highest BCUT2D eigenvalue weighted by atomic mass is 35.5. The van der Waals surface area contributed by atoms with Gasteiger partial charge in [0.25, 0.3) is 0 Å². The first-order valence-corrected chi connectivity index (χ1v) is 8.18. The van der Waals surface area contributed by atoms with Crippen molar-refractivity contribution >= 4 is 39.9 Å². The molecule has 0 unspecified atom stereocenters. The summed E-state index contributed by atoms with van der Waals surface area (Å²) < 4.78 is 42.6. The molecule has 1 heterocycles. The zero-order valence-electron chi connectivity index (χ0n) is 13.6. The topological polar surface area (TPSA) is 31.2 Å². The summed E-state index contributed by atoms with van der Waals surface area (Å²) in [7, 11) is 1.57. The molecule has 0 aliphatic rings. The van der Waals surface area contributed by atoms with Crippen molar-refractivity contribution < 1.29 is 22.7 Å². The first-order valence-electron chi connectivity index (χ1n) is 7.43. The van der Waals surface area contributed by atoms with Gasteiger partial charge in [0.1, 0.15) is 5.75 Å². The fourth-order valence-corrected chi connectivity index (χ4v) is 3.26. The third-order valence-electron chi connectivity index (χ3n) is 3.99. The molecular weight excluding hydrogens is 390 g/mol. The van der Waals surface area contributed by atoms with Gasteiger partial charge < -0.3 is 9.30 Å². The number of benzene rings is 2. The van der Waals surface area contributed by atoms with Gasteiger partial charge in [0.15, 0.2) is 0 Å². The van der Waals surface area contributed by atoms with Crippen LogP contribution in [0.1, 0.15) is 21.6 Å². The first-order chi connectivity index (χ1) is 12.1. The van der Waals surface area contributed by atoms with Gasteiger partial charge in [0.05, 0.1) is 26.8 Å². The molecule has 26 heavy (non-hydrogen) atoms.